The van der Waals surface area contributed by atoms with E-state index in [0.29, 0.717) is 19.5 Å². The molecule has 1 aromatic carbocycles. The van der Waals surface area contributed by atoms with E-state index in [9.17, 15) is 18.0 Å². The van der Waals surface area contributed by atoms with Crippen molar-refractivity contribution in [1.29, 1.82) is 0 Å². The number of likely N-dealkylation sites (tertiary alicyclic amines) is 1. The van der Waals surface area contributed by atoms with E-state index in [1.807, 2.05) is 24.3 Å². The average molecular weight is 429 g/mol. The van der Waals surface area contributed by atoms with E-state index >= 15 is 0 Å². The SMILES string of the molecule is CN(Cc1ccc(Br)cc1)C(=O)[C@@H]1CC(=O)N([C@@H]2CCS(=O)(=O)C2)C1. The number of carbonyl (C=O) groups excluding carboxylic acids is 2. The summed E-state index contributed by atoms with van der Waals surface area (Å²) in [5, 5.41) is 0. The molecule has 2 saturated heterocycles. The zero-order valence-electron chi connectivity index (χ0n) is 14.0. The van der Waals surface area contributed by atoms with Crippen LogP contribution in [-0.4, -0.2) is 61.2 Å². The highest BCUT2D eigenvalue weighted by Gasteiger charge is 2.42. The summed E-state index contributed by atoms with van der Waals surface area (Å²) >= 11 is 3.38. The van der Waals surface area contributed by atoms with Crippen molar-refractivity contribution in [2.75, 3.05) is 25.1 Å². The molecular formula is C17H21BrN2O4S. The number of hydrogen-bond acceptors (Lipinski definition) is 4. The Morgan fingerprint density at radius 2 is 2.00 bits per heavy atom. The van der Waals surface area contributed by atoms with Gasteiger partial charge in [-0.25, -0.2) is 8.42 Å². The van der Waals surface area contributed by atoms with Gasteiger partial charge in [-0.15, -0.1) is 0 Å². The topological polar surface area (TPSA) is 74.8 Å². The minimum Gasteiger partial charge on any atom is -0.341 e. The lowest BCUT2D eigenvalue weighted by atomic mass is 10.1. The number of halogens is 1. The minimum atomic E-state index is -3.05. The summed E-state index contributed by atoms with van der Waals surface area (Å²) in [5.41, 5.74) is 1.02. The molecule has 2 heterocycles. The second-order valence-electron chi connectivity index (χ2n) is 6.82. The lowest BCUT2D eigenvalue weighted by molar-refractivity contribution is -0.135. The molecule has 2 aliphatic heterocycles. The highest BCUT2D eigenvalue weighted by Crippen LogP contribution is 2.27. The molecule has 0 spiro atoms. The van der Waals surface area contributed by atoms with Gasteiger partial charge in [-0.05, 0) is 24.1 Å². The predicted molar refractivity (Wildman–Crippen MR) is 97.5 cm³/mol. The van der Waals surface area contributed by atoms with Crippen molar-refractivity contribution in [2.45, 2.75) is 25.4 Å². The van der Waals surface area contributed by atoms with E-state index in [2.05, 4.69) is 15.9 Å². The van der Waals surface area contributed by atoms with Crippen LogP contribution in [0.1, 0.15) is 18.4 Å². The Bertz CT molecular complexity index is 778. The van der Waals surface area contributed by atoms with Crippen molar-refractivity contribution in [1.82, 2.24) is 9.80 Å². The molecule has 6 nitrogen and oxygen atoms in total. The number of nitrogens with zero attached hydrogens (tertiary/aromatic N) is 2. The average Bonchev–Trinajstić information content (AvgIpc) is 3.11. The second-order valence-corrected chi connectivity index (χ2v) is 9.97. The molecule has 0 bridgehead atoms. The van der Waals surface area contributed by atoms with Gasteiger partial charge in [-0.3, -0.25) is 9.59 Å². The normalized spacial score (nSPS) is 25.4. The Hall–Kier alpha value is -1.41. The zero-order valence-corrected chi connectivity index (χ0v) is 16.4. The first-order valence-electron chi connectivity index (χ1n) is 8.24. The van der Waals surface area contributed by atoms with Crippen molar-refractivity contribution in [2.24, 2.45) is 5.92 Å². The first-order chi connectivity index (χ1) is 11.7. The number of rotatable bonds is 4. The molecule has 2 atom stereocenters. The molecular weight excluding hydrogens is 408 g/mol. The summed E-state index contributed by atoms with van der Waals surface area (Å²) in [7, 11) is -1.31. The van der Waals surface area contributed by atoms with Crippen LogP contribution in [0.4, 0.5) is 0 Å². The van der Waals surface area contributed by atoms with Crippen LogP contribution in [0.3, 0.4) is 0 Å². The second kappa shape index (κ2) is 7.07. The monoisotopic (exact) mass is 428 g/mol. The van der Waals surface area contributed by atoms with Gasteiger partial charge in [0.2, 0.25) is 11.8 Å². The fourth-order valence-corrected chi connectivity index (χ4v) is 5.52. The standard InChI is InChI=1S/C17H21BrN2O4S/c1-19(9-12-2-4-14(18)5-3-12)17(22)13-8-16(21)20(10-13)15-6-7-25(23,24)11-15/h2-5,13,15H,6-11H2,1H3/t13-,15-/m1/s1. The maximum atomic E-state index is 12.7. The van der Waals surface area contributed by atoms with Crippen molar-refractivity contribution in [3.05, 3.63) is 34.3 Å². The third-order valence-electron chi connectivity index (χ3n) is 4.87. The maximum Gasteiger partial charge on any atom is 0.228 e. The summed E-state index contributed by atoms with van der Waals surface area (Å²) in [4.78, 5) is 28.2. The van der Waals surface area contributed by atoms with Crippen LogP contribution in [0.5, 0.6) is 0 Å². The minimum absolute atomic E-state index is 0.0222. The fourth-order valence-electron chi connectivity index (χ4n) is 3.52. The van der Waals surface area contributed by atoms with Crippen LogP contribution in [0, 0.1) is 5.92 Å². The van der Waals surface area contributed by atoms with Gasteiger partial charge in [0.05, 0.1) is 17.4 Å². The van der Waals surface area contributed by atoms with E-state index < -0.39 is 15.8 Å². The van der Waals surface area contributed by atoms with E-state index in [1.165, 1.54) is 0 Å². The van der Waals surface area contributed by atoms with Crippen molar-refractivity contribution >= 4 is 37.6 Å². The van der Waals surface area contributed by atoms with Gasteiger partial charge in [0.15, 0.2) is 9.84 Å². The van der Waals surface area contributed by atoms with Crippen LogP contribution in [-0.2, 0) is 26.0 Å². The van der Waals surface area contributed by atoms with E-state index in [0.717, 1.165) is 10.0 Å². The first kappa shape index (κ1) is 18.4. The Labute approximate surface area is 156 Å². The van der Waals surface area contributed by atoms with Crippen LogP contribution in [0.25, 0.3) is 0 Å². The predicted octanol–water partition coefficient (Wildman–Crippen LogP) is 1.44. The van der Waals surface area contributed by atoms with Gasteiger partial charge in [-0.1, -0.05) is 28.1 Å². The van der Waals surface area contributed by atoms with Gasteiger partial charge in [0.1, 0.15) is 0 Å². The van der Waals surface area contributed by atoms with Crippen molar-refractivity contribution in [3.8, 4) is 0 Å². The summed E-state index contributed by atoms with van der Waals surface area (Å²) in [6.45, 7) is 0.803. The molecule has 3 rings (SSSR count). The summed E-state index contributed by atoms with van der Waals surface area (Å²) in [6, 6.07) is 7.48. The van der Waals surface area contributed by atoms with Crippen LogP contribution in [0.15, 0.2) is 28.7 Å². The van der Waals surface area contributed by atoms with Crippen molar-refractivity contribution < 1.29 is 18.0 Å². The zero-order chi connectivity index (χ0) is 18.2. The third-order valence-corrected chi connectivity index (χ3v) is 7.15. The van der Waals surface area contributed by atoms with Crippen molar-refractivity contribution in [3.63, 3.8) is 0 Å². The maximum absolute atomic E-state index is 12.7. The van der Waals surface area contributed by atoms with E-state index in [4.69, 9.17) is 0 Å². The lowest BCUT2D eigenvalue weighted by Gasteiger charge is -2.24. The smallest absolute Gasteiger partial charge is 0.228 e. The highest BCUT2D eigenvalue weighted by molar-refractivity contribution is 9.10. The molecule has 1 aromatic rings. The Kier molecular flexibility index (Phi) is 5.20. The van der Waals surface area contributed by atoms with Gasteiger partial charge >= 0.3 is 0 Å². The molecule has 25 heavy (non-hydrogen) atoms. The van der Waals surface area contributed by atoms with Crippen LogP contribution in [0.2, 0.25) is 0 Å². The Balaban J connectivity index is 1.61. The molecule has 0 aromatic heterocycles. The van der Waals surface area contributed by atoms with Gasteiger partial charge in [0, 0.05) is 37.1 Å². The quantitative estimate of drug-likeness (QED) is 0.726. The van der Waals surface area contributed by atoms with Crippen LogP contribution < -0.4 is 0 Å². The largest absolute Gasteiger partial charge is 0.341 e. The molecule has 0 aliphatic carbocycles. The molecule has 0 saturated carbocycles. The number of hydrogen-bond donors (Lipinski definition) is 0. The number of carbonyl (C=O) groups is 2. The fraction of sp³-hybridized carbons (Fsp3) is 0.529. The summed E-state index contributed by atoms with van der Waals surface area (Å²) in [5.74, 6) is -0.425. The number of amides is 2. The number of sulfone groups is 1. The molecule has 2 aliphatic rings. The van der Waals surface area contributed by atoms with Gasteiger partial charge in [0.25, 0.3) is 0 Å². The molecule has 136 valence electrons. The third kappa shape index (κ3) is 4.23. The van der Waals surface area contributed by atoms with E-state index in [1.54, 1.807) is 16.8 Å². The first-order valence-corrected chi connectivity index (χ1v) is 10.9. The number of benzene rings is 1. The highest BCUT2D eigenvalue weighted by atomic mass is 79.9. The molecule has 0 N–H and O–H groups in total. The molecule has 0 unspecified atom stereocenters. The van der Waals surface area contributed by atoms with Gasteiger partial charge in [-0.2, -0.15) is 0 Å². The molecule has 0 radical (unpaired) electrons. The Morgan fingerprint density at radius 3 is 2.60 bits per heavy atom. The van der Waals surface area contributed by atoms with Gasteiger partial charge < -0.3 is 9.80 Å². The van der Waals surface area contributed by atoms with Crippen LogP contribution >= 0.6 is 15.9 Å². The molecule has 2 amide bonds. The summed E-state index contributed by atoms with van der Waals surface area (Å²) < 4.78 is 24.3. The Morgan fingerprint density at radius 1 is 1.32 bits per heavy atom. The lowest BCUT2D eigenvalue weighted by Crippen LogP contribution is -2.39. The summed E-state index contributed by atoms with van der Waals surface area (Å²) in [6.07, 6.45) is 0.643. The van der Waals surface area contributed by atoms with E-state index in [-0.39, 0.29) is 35.8 Å². The molecule has 2 fully saturated rings. The molecule has 8 heteroatoms.